The number of hydrogen-bond donors (Lipinski definition) is 1. The number of thiophene rings is 1. The lowest BCUT2D eigenvalue weighted by atomic mass is 10.0. The molecule has 1 unspecified atom stereocenters. The molecule has 0 saturated carbocycles. The van der Waals surface area contributed by atoms with Crippen LogP contribution >= 0.6 is 27.3 Å². The highest BCUT2D eigenvalue weighted by Gasteiger charge is 2.13. The van der Waals surface area contributed by atoms with E-state index in [1.54, 1.807) is 6.07 Å². The zero-order valence-electron chi connectivity index (χ0n) is 8.58. The first-order chi connectivity index (χ1) is 7.56. The number of benzene rings is 1. The molecule has 0 radical (unpaired) electrons. The summed E-state index contributed by atoms with van der Waals surface area (Å²) in [6.07, 6.45) is -0.767. The van der Waals surface area contributed by atoms with Crippen molar-refractivity contribution in [3.05, 3.63) is 55.9 Å². The summed E-state index contributed by atoms with van der Waals surface area (Å²) >= 11 is 4.83. The van der Waals surface area contributed by atoms with E-state index in [4.69, 9.17) is 0 Å². The summed E-state index contributed by atoms with van der Waals surface area (Å²) < 4.78 is 14.1. The van der Waals surface area contributed by atoms with Gasteiger partial charge in [-0.25, -0.2) is 4.39 Å². The number of rotatable bonds is 2. The summed E-state index contributed by atoms with van der Waals surface area (Å²) in [4.78, 5) is 0. The molecule has 2 aromatic rings. The maximum Gasteiger partial charge on any atom is 0.123 e. The Morgan fingerprint density at radius 1 is 1.25 bits per heavy atom. The van der Waals surface area contributed by atoms with Crippen molar-refractivity contribution in [3.63, 3.8) is 0 Å². The van der Waals surface area contributed by atoms with Gasteiger partial charge < -0.3 is 5.11 Å². The Balaban J connectivity index is 2.37. The smallest absolute Gasteiger partial charge is 0.123 e. The molecule has 1 heterocycles. The van der Waals surface area contributed by atoms with Gasteiger partial charge in [0.15, 0.2) is 0 Å². The van der Waals surface area contributed by atoms with E-state index in [1.807, 2.05) is 18.4 Å². The third-order valence-corrected chi connectivity index (χ3v) is 3.81. The molecule has 16 heavy (non-hydrogen) atoms. The maximum atomic E-state index is 13.2. The first kappa shape index (κ1) is 11.8. The van der Waals surface area contributed by atoms with Gasteiger partial charge in [-0.2, -0.15) is 0 Å². The first-order valence-electron chi connectivity index (χ1n) is 4.75. The highest BCUT2D eigenvalue weighted by atomic mass is 79.9. The molecule has 0 spiro atoms. The van der Waals surface area contributed by atoms with E-state index in [0.717, 1.165) is 14.9 Å². The average Bonchev–Trinajstić information content (AvgIpc) is 2.62. The fraction of sp³-hybridized carbons (Fsp3) is 0.167. The molecule has 84 valence electrons. The lowest BCUT2D eigenvalue weighted by Crippen LogP contribution is -1.99. The Hall–Kier alpha value is -0.710. The summed E-state index contributed by atoms with van der Waals surface area (Å²) in [5, 5.41) is 11.9. The standard InChI is InChI=1S/C12H10BrFOS/c1-7-2-8(4-10(14)3-7)12(15)9-5-11(13)16-6-9/h2-6,12,15H,1H3. The quantitative estimate of drug-likeness (QED) is 0.887. The summed E-state index contributed by atoms with van der Waals surface area (Å²) in [5.41, 5.74) is 2.17. The van der Waals surface area contributed by atoms with Gasteiger partial charge in [0.1, 0.15) is 11.9 Å². The number of hydrogen-bond acceptors (Lipinski definition) is 2. The molecule has 2 rings (SSSR count). The van der Waals surface area contributed by atoms with E-state index in [1.165, 1.54) is 23.5 Å². The Morgan fingerprint density at radius 2 is 2.00 bits per heavy atom. The molecule has 1 nitrogen and oxygen atoms in total. The van der Waals surface area contributed by atoms with Crippen molar-refractivity contribution in [1.29, 1.82) is 0 Å². The zero-order chi connectivity index (χ0) is 11.7. The van der Waals surface area contributed by atoms with Gasteiger partial charge in [0.25, 0.3) is 0 Å². The number of aliphatic hydroxyl groups excluding tert-OH is 1. The van der Waals surface area contributed by atoms with Gasteiger partial charge in [0, 0.05) is 0 Å². The van der Waals surface area contributed by atoms with Crippen molar-refractivity contribution in [2.45, 2.75) is 13.0 Å². The number of halogens is 2. The topological polar surface area (TPSA) is 20.2 Å². The van der Waals surface area contributed by atoms with Crippen LogP contribution in [-0.4, -0.2) is 5.11 Å². The SMILES string of the molecule is Cc1cc(F)cc(C(O)c2csc(Br)c2)c1. The second kappa shape index (κ2) is 4.65. The minimum Gasteiger partial charge on any atom is -0.384 e. The van der Waals surface area contributed by atoms with Crippen molar-refractivity contribution in [3.8, 4) is 0 Å². The Labute approximate surface area is 106 Å². The molecular formula is C12H10BrFOS. The van der Waals surface area contributed by atoms with Gasteiger partial charge in [0.05, 0.1) is 3.79 Å². The zero-order valence-corrected chi connectivity index (χ0v) is 11.0. The summed E-state index contributed by atoms with van der Waals surface area (Å²) in [6, 6.07) is 6.44. The van der Waals surface area contributed by atoms with Crippen molar-refractivity contribution >= 4 is 27.3 Å². The van der Waals surface area contributed by atoms with E-state index >= 15 is 0 Å². The molecule has 0 saturated heterocycles. The minimum atomic E-state index is -0.767. The van der Waals surface area contributed by atoms with Crippen LogP contribution in [0.3, 0.4) is 0 Å². The lowest BCUT2D eigenvalue weighted by molar-refractivity contribution is 0.220. The summed E-state index contributed by atoms with van der Waals surface area (Å²) in [6.45, 7) is 1.81. The Kier molecular flexibility index (Phi) is 3.42. The molecule has 0 aliphatic rings. The van der Waals surface area contributed by atoms with E-state index in [9.17, 15) is 9.50 Å². The molecule has 4 heteroatoms. The molecule has 1 N–H and O–H groups in total. The molecule has 0 fully saturated rings. The van der Waals surface area contributed by atoms with E-state index in [0.29, 0.717) is 5.56 Å². The Bertz CT molecular complexity index is 489. The van der Waals surface area contributed by atoms with Crippen LogP contribution in [0.1, 0.15) is 22.8 Å². The maximum absolute atomic E-state index is 13.2. The van der Waals surface area contributed by atoms with Gasteiger partial charge >= 0.3 is 0 Å². The first-order valence-corrected chi connectivity index (χ1v) is 6.42. The van der Waals surface area contributed by atoms with Crippen LogP contribution in [0.2, 0.25) is 0 Å². The van der Waals surface area contributed by atoms with E-state index in [-0.39, 0.29) is 5.82 Å². The third kappa shape index (κ3) is 2.51. The van der Waals surface area contributed by atoms with Crippen molar-refractivity contribution in [1.82, 2.24) is 0 Å². The van der Waals surface area contributed by atoms with Crippen molar-refractivity contribution < 1.29 is 9.50 Å². The molecule has 0 amide bonds. The van der Waals surface area contributed by atoms with Crippen LogP contribution in [0.5, 0.6) is 0 Å². The van der Waals surface area contributed by atoms with Crippen LogP contribution < -0.4 is 0 Å². The normalized spacial score (nSPS) is 12.8. The third-order valence-electron chi connectivity index (χ3n) is 2.28. The fourth-order valence-electron chi connectivity index (χ4n) is 1.58. The predicted octanol–water partition coefficient (Wildman–Crippen LogP) is 4.04. The second-order valence-electron chi connectivity index (χ2n) is 3.65. The van der Waals surface area contributed by atoms with Crippen LogP contribution in [0.25, 0.3) is 0 Å². The largest absolute Gasteiger partial charge is 0.384 e. The van der Waals surface area contributed by atoms with Gasteiger partial charge in [-0.15, -0.1) is 11.3 Å². The fourth-order valence-corrected chi connectivity index (χ4v) is 2.78. The molecular weight excluding hydrogens is 291 g/mol. The minimum absolute atomic E-state index is 0.316. The second-order valence-corrected chi connectivity index (χ2v) is 5.94. The molecule has 1 aromatic carbocycles. The Morgan fingerprint density at radius 3 is 2.56 bits per heavy atom. The van der Waals surface area contributed by atoms with E-state index in [2.05, 4.69) is 15.9 Å². The molecule has 1 aromatic heterocycles. The van der Waals surface area contributed by atoms with Crippen molar-refractivity contribution in [2.75, 3.05) is 0 Å². The molecule has 0 aliphatic heterocycles. The summed E-state index contributed by atoms with van der Waals surface area (Å²) in [7, 11) is 0. The highest BCUT2D eigenvalue weighted by molar-refractivity contribution is 9.11. The predicted molar refractivity (Wildman–Crippen MR) is 67.2 cm³/mol. The van der Waals surface area contributed by atoms with Crippen LogP contribution in [0.15, 0.2) is 33.4 Å². The average molecular weight is 301 g/mol. The molecule has 0 bridgehead atoms. The molecule has 1 atom stereocenters. The monoisotopic (exact) mass is 300 g/mol. The van der Waals surface area contributed by atoms with Gasteiger partial charge in [-0.1, -0.05) is 6.07 Å². The van der Waals surface area contributed by atoms with Gasteiger partial charge in [0.2, 0.25) is 0 Å². The van der Waals surface area contributed by atoms with Crippen LogP contribution in [-0.2, 0) is 0 Å². The lowest BCUT2D eigenvalue weighted by Gasteiger charge is -2.10. The van der Waals surface area contributed by atoms with Gasteiger partial charge in [-0.05, 0) is 63.1 Å². The highest BCUT2D eigenvalue weighted by Crippen LogP contribution is 2.29. The van der Waals surface area contributed by atoms with Crippen molar-refractivity contribution in [2.24, 2.45) is 0 Å². The van der Waals surface area contributed by atoms with Gasteiger partial charge in [-0.3, -0.25) is 0 Å². The number of aryl methyl sites for hydroxylation is 1. The molecule has 0 aliphatic carbocycles. The van der Waals surface area contributed by atoms with Crippen LogP contribution in [0, 0.1) is 12.7 Å². The van der Waals surface area contributed by atoms with E-state index < -0.39 is 6.10 Å². The number of aliphatic hydroxyl groups is 1. The summed E-state index contributed by atoms with van der Waals surface area (Å²) in [5.74, 6) is -0.316. The van der Waals surface area contributed by atoms with Crippen LogP contribution in [0.4, 0.5) is 4.39 Å².